The van der Waals surface area contributed by atoms with Crippen LogP contribution in [0.15, 0.2) is 48.5 Å². The molecular formula is C18H20ClFN2O3S. The van der Waals surface area contributed by atoms with Gasteiger partial charge in [0.15, 0.2) is 0 Å². The lowest BCUT2D eigenvalue weighted by Gasteiger charge is -2.22. The average molecular weight is 399 g/mol. The third-order valence-corrected chi connectivity index (χ3v) is 5.20. The first-order chi connectivity index (χ1) is 12.3. The molecule has 0 atom stereocenters. The van der Waals surface area contributed by atoms with Gasteiger partial charge in [-0.3, -0.25) is 9.10 Å². The Hall–Kier alpha value is -2.12. The number of rotatable bonds is 8. The lowest BCUT2D eigenvalue weighted by atomic mass is 10.1. The first-order valence-corrected chi connectivity index (χ1v) is 10.2. The molecule has 26 heavy (non-hydrogen) atoms. The highest BCUT2D eigenvalue weighted by molar-refractivity contribution is 7.92. The van der Waals surface area contributed by atoms with Crippen LogP contribution in [0.25, 0.3) is 0 Å². The molecule has 2 aromatic rings. The summed E-state index contributed by atoms with van der Waals surface area (Å²) >= 11 is 5.72. The normalized spacial score (nSPS) is 11.2. The molecule has 0 fully saturated rings. The second kappa shape index (κ2) is 9.00. The number of sulfonamides is 1. The lowest BCUT2D eigenvalue weighted by molar-refractivity contribution is -0.120. The van der Waals surface area contributed by atoms with Gasteiger partial charge in [0.2, 0.25) is 15.9 Å². The Morgan fingerprint density at radius 2 is 1.88 bits per heavy atom. The van der Waals surface area contributed by atoms with Crippen molar-refractivity contribution in [2.45, 2.75) is 12.8 Å². The minimum absolute atomic E-state index is 0.0170. The van der Waals surface area contributed by atoms with Crippen molar-refractivity contribution in [1.29, 1.82) is 0 Å². The molecule has 2 aromatic carbocycles. The SMILES string of the molecule is CS(=O)(=O)N(CCC(=O)NCCc1ccccc1)c1ccc(F)c(Cl)c1. The van der Waals surface area contributed by atoms with E-state index in [4.69, 9.17) is 11.6 Å². The number of hydrogen-bond donors (Lipinski definition) is 1. The van der Waals surface area contributed by atoms with Crippen molar-refractivity contribution in [3.8, 4) is 0 Å². The molecule has 140 valence electrons. The molecule has 0 aliphatic rings. The molecule has 0 radical (unpaired) electrons. The predicted octanol–water partition coefficient (Wildman–Crippen LogP) is 2.99. The minimum Gasteiger partial charge on any atom is -0.356 e. The number of halogens is 2. The van der Waals surface area contributed by atoms with E-state index >= 15 is 0 Å². The van der Waals surface area contributed by atoms with E-state index in [1.165, 1.54) is 12.1 Å². The zero-order chi connectivity index (χ0) is 19.2. The van der Waals surface area contributed by atoms with Crippen molar-refractivity contribution < 1.29 is 17.6 Å². The van der Waals surface area contributed by atoms with Crippen LogP contribution in [0.4, 0.5) is 10.1 Å². The Morgan fingerprint density at radius 1 is 1.19 bits per heavy atom. The standard InChI is InChI=1S/C18H20ClFN2O3S/c1-26(24,25)22(15-7-8-17(20)16(19)13-15)12-10-18(23)21-11-9-14-5-3-2-4-6-14/h2-8,13H,9-12H2,1H3,(H,21,23). The zero-order valence-electron chi connectivity index (χ0n) is 14.3. The maximum atomic E-state index is 13.3. The summed E-state index contributed by atoms with van der Waals surface area (Å²) in [5.74, 6) is -0.898. The Balaban J connectivity index is 1.92. The summed E-state index contributed by atoms with van der Waals surface area (Å²) in [5.41, 5.74) is 1.32. The minimum atomic E-state index is -3.63. The largest absolute Gasteiger partial charge is 0.356 e. The van der Waals surface area contributed by atoms with Gasteiger partial charge in [0.25, 0.3) is 0 Å². The number of benzene rings is 2. The van der Waals surface area contributed by atoms with Gasteiger partial charge in [-0.25, -0.2) is 12.8 Å². The van der Waals surface area contributed by atoms with Gasteiger partial charge in [-0.2, -0.15) is 0 Å². The number of carbonyl (C=O) groups excluding carboxylic acids is 1. The van der Waals surface area contributed by atoms with Gasteiger partial charge in [0, 0.05) is 19.5 Å². The Kier molecular flexibility index (Phi) is 6.99. The van der Waals surface area contributed by atoms with Crippen LogP contribution in [-0.4, -0.2) is 33.7 Å². The zero-order valence-corrected chi connectivity index (χ0v) is 15.9. The summed E-state index contributed by atoms with van der Waals surface area (Å²) in [7, 11) is -3.63. The van der Waals surface area contributed by atoms with E-state index in [-0.39, 0.29) is 29.6 Å². The highest BCUT2D eigenvalue weighted by Gasteiger charge is 2.19. The fourth-order valence-electron chi connectivity index (χ4n) is 2.41. The van der Waals surface area contributed by atoms with Crippen LogP contribution in [0, 0.1) is 5.82 Å². The molecule has 0 heterocycles. The molecule has 0 unspecified atom stereocenters. The molecule has 0 aliphatic heterocycles. The predicted molar refractivity (Wildman–Crippen MR) is 101 cm³/mol. The third kappa shape index (κ3) is 6.00. The molecule has 1 amide bonds. The smallest absolute Gasteiger partial charge is 0.232 e. The van der Waals surface area contributed by atoms with Crippen molar-refractivity contribution >= 4 is 33.2 Å². The van der Waals surface area contributed by atoms with Crippen molar-refractivity contribution in [1.82, 2.24) is 5.32 Å². The van der Waals surface area contributed by atoms with E-state index in [0.717, 1.165) is 22.2 Å². The Labute approximate surface area is 157 Å². The molecule has 0 bridgehead atoms. The first kappa shape index (κ1) is 20.2. The van der Waals surface area contributed by atoms with Gasteiger partial charge in [-0.1, -0.05) is 41.9 Å². The molecule has 2 rings (SSSR count). The van der Waals surface area contributed by atoms with E-state index in [0.29, 0.717) is 13.0 Å². The van der Waals surface area contributed by atoms with Gasteiger partial charge < -0.3 is 5.32 Å². The molecule has 0 aromatic heterocycles. The summed E-state index contributed by atoms with van der Waals surface area (Å²) in [6.45, 7) is 0.405. The van der Waals surface area contributed by atoms with Crippen LogP contribution in [0.1, 0.15) is 12.0 Å². The lowest BCUT2D eigenvalue weighted by Crippen LogP contribution is -2.35. The summed E-state index contributed by atoms with van der Waals surface area (Å²) in [4.78, 5) is 12.0. The fourth-order valence-corrected chi connectivity index (χ4v) is 3.50. The Morgan fingerprint density at radius 3 is 2.50 bits per heavy atom. The molecule has 1 N–H and O–H groups in total. The molecule has 0 saturated carbocycles. The van der Waals surface area contributed by atoms with Gasteiger partial charge in [-0.05, 0) is 30.2 Å². The quantitative estimate of drug-likeness (QED) is 0.743. The van der Waals surface area contributed by atoms with Gasteiger partial charge in [0.1, 0.15) is 5.82 Å². The number of anilines is 1. The molecular weight excluding hydrogens is 379 g/mol. The summed E-state index contributed by atoms with van der Waals surface area (Å²) in [5, 5.41) is 2.59. The second-order valence-electron chi connectivity index (χ2n) is 5.77. The van der Waals surface area contributed by atoms with Crippen molar-refractivity contribution in [2.75, 3.05) is 23.7 Å². The van der Waals surface area contributed by atoms with E-state index < -0.39 is 15.8 Å². The summed E-state index contributed by atoms with van der Waals surface area (Å²) < 4.78 is 38.3. The fraction of sp³-hybridized carbons (Fsp3) is 0.278. The average Bonchev–Trinajstić information content (AvgIpc) is 2.58. The van der Waals surface area contributed by atoms with Crippen LogP contribution < -0.4 is 9.62 Å². The molecule has 0 aliphatic carbocycles. The van der Waals surface area contributed by atoms with Crippen LogP contribution in [-0.2, 0) is 21.2 Å². The maximum absolute atomic E-state index is 13.3. The van der Waals surface area contributed by atoms with Gasteiger partial charge in [-0.15, -0.1) is 0 Å². The third-order valence-electron chi connectivity index (χ3n) is 3.71. The molecule has 0 spiro atoms. The number of carbonyl (C=O) groups is 1. The van der Waals surface area contributed by atoms with Gasteiger partial charge >= 0.3 is 0 Å². The van der Waals surface area contributed by atoms with E-state index in [2.05, 4.69) is 5.32 Å². The summed E-state index contributed by atoms with van der Waals surface area (Å²) in [6, 6.07) is 13.3. The molecule has 0 saturated heterocycles. The molecule has 5 nitrogen and oxygen atoms in total. The number of nitrogens with one attached hydrogen (secondary N) is 1. The maximum Gasteiger partial charge on any atom is 0.232 e. The van der Waals surface area contributed by atoms with E-state index in [9.17, 15) is 17.6 Å². The van der Waals surface area contributed by atoms with Crippen LogP contribution >= 0.6 is 11.6 Å². The van der Waals surface area contributed by atoms with Crippen LogP contribution in [0.5, 0.6) is 0 Å². The van der Waals surface area contributed by atoms with Crippen molar-refractivity contribution in [3.05, 3.63) is 64.9 Å². The Bertz CT molecular complexity index is 860. The summed E-state index contributed by atoms with van der Waals surface area (Å²) in [6.07, 6.45) is 1.70. The second-order valence-corrected chi connectivity index (χ2v) is 8.08. The van der Waals surface area contributed by atoms with Crippen molar-refractivity contribution in [2.24, 2.45) is 0 Å². The number of hydrogen-bond acceptors (Lipinski definition) is 3. The van der Waals surface area contributed by atoms with E-state index in [1.54, 1.807) is 0 Å². The van der Waals surface area contributed by atoms with Crippen LogP contribution in [0.2, 0.25) is 5.02 Å². The topological polar surface area (TPSA) is 66.5 Å². The first-order valence-electron chi connectivity index (χ1n) is 8.01. The van der Waals surface area contributed by atoms with Gasteiger partial charge in [0.05, 0.1) is 17.0 Å². The van der Waals surface area contributed by atoms with E-state index in [1.807, 2.05) is 30.3 Å². The van der Waals surface area contributed by atoms with Crippen LogP contribution in [0.3, 0.4) is 0 Å². The highest BCUT2D eigenvalue weighted by Crippen LogP contribution is 2.24. The molecule has 8 heteroatoms. The number of nitrogens with zero attached hydrogens (tertiary/aromatic N) is 1. The van der Waals surface area contributed by atoms with Crippen molar-refractivity contribution in [3.63, 3.8) is 0 Å². The monoisotopic (exact) mass is 398 g/mol. The highest BCUT2D eigenvalue weighted by atomic mass is 35.5. The number of amides is 1.